The lowest BCUT2D eigenvalue weighted by molar-refractivity contribution is -0.136. The molecule has 7 heteroatoms. The summed E-state index contributed by atoms with van der Waals surface area (Å²) in [6.07, 6.45) is 2.92. The number of amides is 2. The molecule has 0 saturated heterocycles. The Hall–Kier alpha value is -1.66. The van der Waals surface area contributed by atoms with Gasteiger partial charge in [-0.1, -0.05) is 18.0 Å². The summed E-state index contributed by atoms with van der Waals surface area (Å²) in [6.45, 7) is 0.348. The van der Waals surface area contributed by atoms with E-state index >= 15 is 0 Å². The molecule has 1 aliphatic rings. The van der Waals surface area contributed by atoms with Crippen molar-refractivity contribution in [3.05, 3.63) is 29.0 Å². The Balaban J connectivity index is 1.83. The molecule has 2 unspecified atom stereocenters. The van der Waals surface area contributed by atoms with E-state index in [9.17, 15) is 19.1 Å². The van der Waals surface area contributed by atoms with Crippen molar-refractivity contribution in [1.29, 1.82) is 0 Å². The monoisotopic (exact) mass is 328 g/mol. The zero-order chi connectivity index (χ0) is 16.1. The van der Waals surface area contributed by atoms with Crippen LogP contribution < -0.4 is 10.6 Å². The van der Waals surface area contributed by atoms with E-state index in [2.05, 4.69) is 10.6 Å². The summed E-state index contributed by atoms with van der Waals surface area (Å²) in [5, 5.41) is 14.5. The highest BCUT2D eigenvalue weighted by molar-refractivity contribution is 6.41. The van der Waals surface area contributed by atoms with Gasteiger partial charge in [-0.15, -0.1) is 0 Å². The van der Waals surface area contributed by atoms with Crippen molar-refractivity contribution >= 4 is 29.1 Å². The summed E-state index contributed by atoms with van der Waals surface area (Å²) in [5.41, 5.74) is 0.177. The number of nitrogens with one attached hydrogen (secondary N) is 2. The SMILES string of the molecule is O=C(NCC1CCCC(O)C1)C(=O)Nc1ccc(F)cc1Cl. The highest BCUT2D eigenvalue weighted by Crippen LogP contribution is 2.24. The van der Waals surface area contributed by atoms with Gasteiger partial charge in [-0.2, -0.15) is 0 Å². The molecule has 22 heavy (non-hydrogen) atoms. The van der Waals surface area contributed by atoms with E-state index in [0.29, 0.717) is 13.0 Å². The number of carbonyl (C=O) groups excluding carboxylic acids is 2. The van der Waals surface area contributed by atoms with Crippen molar-refractivity contribution < 1.29 is 19.1 Å². The summed E-state index contributed by atoms with van der Waals surface area (Å²) in [6, 6.07) is 3.49. The minimum atomic E-state index is -0.857. The minimum absolute atomic E-state index is 0.0246. The molecule has 0 aliphatic heterocycles. The lowest BCUT2D eigenvalue weighted by Gasteiger charge is -2.25. The summed E-state index contributed by atoms with van der Waals surface area (Å²) in [7, 11) is 0. The van der Waals surface area contributed by atoms with Crippen molar-refractivity contribution in [2.45, 2.75) is 31.8 Å². The van der Waals surface area contributed by atoms with Crippen LogP contribution in [0.3, 0.4) is 0 Å². The predicted molar refractivity (Wildman–Crippen MR) is 81.0 cm³/mol. The maximum absolute atomic E-state index is 12.9. The molecular weight excluding hydrogens is 311 g/mol. The summed E-state index contributed by atoms with van der Waals surface area (Å²) >= 11 is 5.78. The first-order chi connectivity index (χ1) is 10.5. The molecule has 2 rings (SSSR count). The Bertz CT molecular complexity index is 568. The number of hydrogen-bond donors (Lipinski definition) is 3. The van der Waals surface area contributed by atoms with Crippen molar-refractivity contribution in [1.82, 2.24) is 5.32 Å². The van der Waals surface area contributed by atoms with Gasteiger partial charge in [-0.05, 0) is 43.4 Å². The number of anilines is 1. The third-order valence-corrected chi connectivity index (χ3v) is 4.00. The number of rotatable bonds is 3. The number of halogens is 2. The van der Waals surface area contributed by atoms with E-state index in [0.717, 1.165) is 31.4 Å². The van der Waals surface area contributed by atoms with Crippen LogP contribution in [0.25, 0.3) is 0 Å². The zero-order valence-corrected chi connectivity index (χ0v) is 12.7. The lowest BCUT2D eigenvalue weighted by atomic mass is 9.87. The number of hydrogen-bond acceptors (Lipinski definition) is 3. The second-order valence-corrected chi connectivity index (χ2v) is 5.88. The average molecular weight is 329 g/mol. The third-order valence-electron chi connectivity index (χ3n) is 3.69. The Labute approximate surface area is 132 Å². The highest BCUT2D eigenvalue weighted by atomic mass is 35.5. The van der Waals surface area contributed by atoms with Crippen molar-refractivity contribution in [3.63, 3.8) is 0 Å². The lowest BCUT2D eigenvalue weighted by Crippen LogP contribution is -2.39. The quantitative estimate of drug-likeness (QED) is 0.743. The van der Waals surface area contributed by atoms with Crippen LogP contribution in [0.2, 0.25) is 5.02 Å². The Morgan fingerprint density at radius 2 is 2.09 bits per heavy atom. The van der Waals surface area contributed by atoms with Gasteiger partial charge in [0, 0.05) is 6.54 Å². The maximum Gasteiger partial charge on any atom is 0.313 e. The van der Waals surface area contributed by atoms with Gasteiger partial charge in [0.2, 0.25) is 0 Å². The molecule has 1 aromatic carbocycles. The average Bonchev–Trinajstić information content (AvgIpc) is 2.47. The van der Waals surface area contributed by atoms with Gasteiger partial charge >= 0.3 is 11.8 Å². The molecule has 0 radical (unpaired) electrons. The zero-order valence-electron chi connectivity index (χ0n) is 11.9. The predicted octanol–water partition coefficient (Wildman–Crippen LogP) is 2.08. The summed E-state index contributed by atoms with van der Waals surface area (Å²) in [5.74, 6) is -1.98. The Morgan fingerprint density at radius 1 is 1.32 bits per heavy atom. The van der Waals surface area contributed by atoms with E-state index in [1.807, 2.05) is 0 Å². The van der Waals surface area contributed by atoms with Gasteiger partial charge < -0.3 is 15.7 Å². The molecule has 0 aromatic heterocycles. The first kappa shape index (κ1) is 16.7. The van der Waals surface area contributed by atoms with E-state index in [-0.39, 0.29) is 22.7 Å². The van der Waals surface area contributed by atoms with Gasteiger partial charge in [0.25, 0.3) is 0 Å². The largest absolute Gasteiger partial charge is 0.393 e. The molecule has 0 heterocycles. The van der Waals surface area contributed by atoms with Crippen LogP contribution in [0, 0.1) is 11.7 Å². The Kier molecular flexibility index (Phi) is 5.74. The van der Waals surface area contributed by atoms with Gasteiger partial charge in [0.05, 0.1) is 16.8 Å². The smallest absolute Gasteiger partial charge is 0.313 e. The minimum Gasteiger partial charge on any atom is -0.393 e. The molecule has 0 bridgehead atoms. The second-order valence-electron chi connectivity index (χ2n) is 5.47. The molecule has 2 atom stereocenters. The summed E-state index contributed by atoms with van der Waals surface area (Å²) < 4.78 is 12.9. The number of carbonyl (C=O) groups is 2. The van der Waals surface area contributed by atoms with Gasteiger partial charge in [0.15, 0.2) is 0 Å². The first-order valence-corrected chi connectivity index (χ1v) is 7.56. The van der Waals surface area contributed by atoms with E-state index in [1.54, 1.807) is 0 Å². The van der Waals surface area contributed by atoms with Crippen molar-refractivity contribution in [2.24, 2.45) is 5.92 Å². The first-order valence-electron chi connectivity index (χ1n) is 7.18. The van der Waals surface area contributed by atoms with Gasteiger partial charge in [0.1, 0.15) is 5.82 Å². The fraction of sp³-hybridized carbons (Fsp3) is 0.467. The van der Waals surface area contributed by atoms with Crippen molar-refractivity contribution in [3.8, 4) is 0 Å². The number of benzene rings is 1. The second kappa shape index (κ2) is 7.56. The van der Waals surface area contributed by atoms with Crippen LogP contribution in [-0.4, -0.2) is 29.6 Å². The molecule has 1 aliphatic carbocycles. The molecule has 1 aromatic rings. The third kappa shape index (κ3) is 4.68. The molecule has 1 saturated carbocycles. The van der Waals surface area contributed by atoms with Crippen LogP contribution in [-0.2, 0) is 9.59 Å². The van der Waals surface area contributed by atoms with Crippen LogP contribution in [0.5, 0.6) is 0 Å². The highest BCUT2D eigenvalue weighted by Gasteiger charge is 2.22. The maximum atomic E-state index is 12.9. The van der Waals surface area contributed by atoms with E-state index < -0.39 is 17.6 Å². The molecule has 5 nitrogen and oxygen atoms in total. The molecule has 0 spiro atoms. The molecule has 1 fully saturated rings. The fourth-order valence-electron chi connectivity index (χ4n) is 2.54. The molecular formula is C15H18ClFN2O3. The van der Waals surface area contributed by atoms with Gasteiger partial charge in [-0.25, -0.2) is 4.39 Å². The van der Waals surface area contributed by atoms with Gasteiger partial charge in [-0.3, -0.25) is 9.59 Å². The Morgan fingerprint density at radius 3 is 2.77 bits per heavy atom. The topological polar surface area (TPSA) is 78.4 Å². The van der Waals surface area contributed by atoms with Crippen LogP contribution in [0.15, 0.2) is 18.2 Å². The molecule has 3 N–H and O–H groups in total. The molecule has 2 amide bonds. The standard InChI is InChI=1S/C15H18ClFN2O3/c16-12-7-10(17)4-5-13(12)19-15(22)14(21)18-8-9-2-1-3-11(20)6-9/h4-5,7,9,11,20H,1-3,6,8H2,(H,18,21)(H,19,22). The van der Waals surface area contributed by atoms with E-state index in [4.69, 9.17) is 11.6 Å². The summed E-state index contributed by atoms with van der Waals surface area (Å²) in [4.78, 5) is 23.5. The fourth-order valence-corrected chi connectivity index (χ4v) is 2.75. The number of aliphatic hydroxyl groups is 1. The van der Waals surface area contributed by atoms with E-state index in [1.165, 1.54) is 6.07 Å². The van der Waals surface area contributed by atoms with Crippen LogP contribution in [0.4, 0.5) is 10.1 Å². The normalized spacial score (nSPS) is 21.2. The van der Waals surface area contributed by atoms with Crippen LogP contribution in [0.1, 0.15) is 25.7 Å². The molecule has 120 valence electrons. The van der Waals surface area contributed by atoms with Crippen molar-refractivity contribution in [2.75, 3.05) is 11.9 Å². The number of aliphatic hydroxyl groups excluding tert-OH is 1. The van der Waals surface area contributed by atoms with Crippen LogP contribution >= 0.6 is 11.6 Å².